The summed E-state index contributed by atoms with van der Waals surface area (Å²) in [6.07, 6.45) is 6.74. The lowest BCUT2D eigenvalue weighted by molar-refractivity contribution is -0.140. The zero-order valence-electron chi connectivity index (χ0n) is 18.3. The summed E-state index contributed by atoms with van der Waals surface area (Å²) in [7, 11) is 0. The van der Waals surface area contributed by atoms with E-state index in [1.807, 2.05) is 0 Å². The Bertz CT molecular complexity index is 834. The van der Waals surface area contributed by atoms with Crippen LogP contribution in [0.5, 0.6) is 5.75 Å². The van der Waals surface area contributed by atoms with E-state index >= 15 is 0 Å². The molecule has 4 fully saturated rings. The molecule has 32 heavy (non-hydrogen) atoms. The molecular weight excluding hydrogens is 410 g/mol. The van der Waals surface area contributed by atoms with Gasteiger partial charge in [0.25, 0.3) is 0 Å². The fourth-order valence-electron chi connectivity index (χ4n) is 6.73. The highest BCUT2D eigenvalue weighted by molar-refractivity contribution is 5.93. The Morgan fingerprint density at radius 2 is 1.56 bits per heavy atom. The number of nitrogens with two attached hydrogens (primary N) is 1. The van der Waals surface area contributed by atoms with Gasteiger partial charge < -0.3 is 21.3 Å². The summed E-state index contributed by atoms with van der Waals surface area (Å²) in [6, 6.07) is 5.07. The monoisotopic (exact) mass is 443 g/mol. The molecule has 0 unspecified atom stereocenters. The van der Waals surface area contributed by atoms with Crippen molar-refractivity contribution < 1.29 is 24.6 Å². The third kappa shape index (κ3) is 4.96. The summed E-state index contributed by atoms with van der Waals surface area (Å²) >= 11 is 0. The second-order valence-corrected chi connectivity index (χ2v) is 10.2. The van der Waals surface area contributed by atoms with E-state index in [0.29, 0.717) is 24.2 Å². The van der Waals surface area contributed by atoms with Crippen molar-refractivity contribution in [1.82, 2.24) is 10.6 Å². The minimum Gasteiger partial charge on any atom is -0.508 e. The van der Waals surface area contributed by atoms with Crippen molar-refractivity contribution in [2.45, 2.75) is 57.0 Å². The van der Waals surface area contributed by atoms with E-state index in [-0.39, 0.29) is 35.9 Å². The van der Waals surface area contributed by atoms with Gasteiger partial charge in [0.05, 0.1) is 25.2 Å². The SMILES string of the molecule is N[C@@H](Cc1ccc(O)cc1)C(=O)N[C@@H](C(=O)CNCC(=O)O)C12CC3CC(CC(C3)C1)C2. The largest absolute Gasteiger partial charge is 0.508 e. The van der Waals surface area contributed by atoms with Gasteiger partial charge in [0.1, 0.15) is 5.75 Å². The molecule has 5 rings (SSSR count). The molecule has 6 N–H and O–H groups in total. The Balaban J connectivity index is 1.48. The lowest BCUT2D eigenvalue weighted by atomic mass is 9.47. The number of carboxylic acid groups (broad SMARTS) is 1. The number of ketones is 1. The molecule has 2 atom stereocenters. The number of hydrogen-bond acceptors (Lipinski definition) is 6. The standard InChI is InChI=1S/C24H33N3O5/c25-19(8-14-1-3-18(28)4-2-14)23(32)27-22(20(29)12-26-13-21(30)31)24-9-15-5-16(10-24)7-17(6-15)11-24/h1-4,15-17,19,22,26,28H,5-13,25H2,(H,27,32)(H,30,31)/t15?,16?,17?,19-,22-,24?/m0/s1. The number of rotatable bonds is 10. The van der Waals surface area contributed by atoms with E-state index in [9.17, 15) is 19.5 Å². The van der Waals surface area contributed by atoms with Crippen LogP contribution < -0.4 is 16.4 Å². The summed E-state index contributed by atoms with van der Waals surface area (Å²) in [5.74, 6) is 0.393. The smallest absolute Gasteiger partial charge is 0.317 e. The quantitative estimate of drug-likeness (QED) is 0.366. The van der Waals surface area contributed by atoms with Crippen LogP contribution in [-0.4, -0.2) is 53.0 Å². The number of benzene rings is 1. The summed E-state index contributed by atoms with van der Waals surface area (Å²) in [6.45, 7) is -0.389. The number of aliphatic carboxylic acids is 1. The molecule has 174 valence electrons. The Labute approximate surface area is 187 Å². The first-order chi connectivity index (χ1) is 15.2. The first-order valence-corrected chi connectivity index (χ1v) is 11.5. The molecule has 0 radical (unpaired) electrons. The van der Waals surface area contributed by atoms with Crippen molar-refractivity contribution in [2.24, 2.45) is 28.9 Å². The van der Waals surface area contributed by atoms with Gasteiger partial charge in [-0.05, 0) is 85.8 Å². The van der Waals surface area contributed by atoms with Gasteiger partial charge in [0.2, 0.25) is 5.91 Å². The zero-order chi connectivity index (χ0) is 22.9. The number of aromatic hydroxyl groups is 1. The van der Waals surface area contributed by atoms with Crippen molar-refractivity contribution in [3.63, 3.8) is 0 Å². The molecule has 1 amide bonds. The number of phenolic OH excluding ortho intramolecular Hbond substituents is 1. The summed E-state index contributed by atoms with van der Waals surface area (Å²) in [4.78, 5) is 37.2. The predicted molar refractivity (Wildman–Crippen MR) is 118 cm³/mol. The van der Waals surface area contributed by atoms with E-state index in [4.69, 9.17) is 10.8 Å². The topological polar surface area (TPSA) is 142 Å². The highest BCUT2D eigenvalue weighted by atomic mass is 16.4. The lowest BCUT2D eigenvalue weighted by Crippen LogP contribution is -2.62. The van der Waals surface area contributed by atoms with Crippen LogP contribution in [0, 0.1) is 23.2 Å². The first-order valence-electron chi connectivity index (χ1n) is 11.5. The van der Waals surface area contributed by atoms with E-state index < -0.39 is 18.1 Å². The molecule has 4 aliphatic rings. The maximum Gasteiger partial charge on any atom is 0.317 e. The lowest BCUT2D eigenvalue weighted by Gasteiger charge is -2.59. The molecule has 0 aromatic heterocycles. The van der Waals surface area contributed by atoms with Crippen LogP contribution in [-0.2, 0) is 20.8 Å². The van der Waals surface area contributed by atoms with Gasteiger partial charge in [-0.15, -0.1) is 0 Å². The maximum absolute atomic E-state index is 13.3. The summed E-state index contributed by atoms with van der Waals surface area (Å²) < 4.78 is 0. The van der Waals surface area contributed by atoms with E-state index in [2.05, 4.69) is 10.6 Å². The number of Topliss-reactive ketones (excluding diaryl/α,β-unsaturated/α-hetero) is 1. The van der Waals surface area contributed by atoms with Gasteiger partial charge in [-0.2, -0.15) is 0 Å². The molecule has 4 aliphatic carbocycles. The Morgan fingerprint density at radius 3 is 2.09 bits per heavy atom. The van der Waals surface area contributed by atoms with Crippen molar-refractivity contribution in [2.75, 3.05) is 13.1 Å². The minimum atomic E-state index is -1.02. The highest BCUT2D eigenvalue weighted by Gasteiger charge is 2.56. The second-order valence-electron chi connectivity index (χ2n) is 10.2. The zero-order valence-corrected chi connectivity index (χ0v) is 18.3. The minimum absolute atomic E-state index is 0.0911. The number of carbonyl (C=O) groups is 3. The fourth-order valence-corrected chi connectivity index (χ4v) is 6.73. The number of amides is 1. The van der Waals surface area contributed by atoms with Gasteiger partial charge in [0, 0.05) is 0 Å². The molecule has 1 aromatic carbocycles. The molecule has 4 bridgehead atoms. The molecular formula is C24H33N3O5. The van der Waals surface area contributed by atoms with Crippen LogP contribution in [0.2, 0.25) is 0 Å². The second kappa shape index (κ2) is 9.19. The number of nitrogens with one attached hydrogen (secondary N) is 2. The Kier molecular flexibility index (Phi) is 6.53. The van der Waals surface area contributed by atoms with Crippen molar-refractivity contribution in [3.05, 3.63) is 29.8 Å². The number of hydrogen-bond donors (Lipinski definition) is 5. The van der Waals surface area contributed by atoms with Crippen LogP contribution in [0.15, 0.2) is 24.3 Å². The predicted octanol–water partition coefficient (Wildman–Crippen LogP) is 1.21. The molecule has 0 spiro atoms. The van der Waals surface area contributed by atoms with Crippen LogP contribution in [0.4, 0.5) is 0 Å². The summed E-state index contributed by atoms with van der Waals surface area (Å²) in [5, 5.41) is 24.0. The van der Waals surface area contributed by atoms with Crippen LogP contribution >= 0.6 is 0 Å². The van der Waals surface area contributed by atoms with E-state index in [1.54, 1.807) is 24.3 Å². The molecule has 4 saturated carbocycles. The van der Waals surface area contributed by atoms with Gasteiger partial charge in [-0.25, -0.2) is 0 Å². The number of phenols is 1. The Morgan fingerprint density at radius 1 is 1.00 bits per heavy atom. The van der Waals surface area contributed by atoms with Crippen molar-refractivity contribution in [1.29, 1.82) is 0 Å². The van der Waals surface area contributed by atoms with Gasteiger partial charge in [-0.3, -0.25) is 19.7 Å². The first kappa shape index (κ1) is 22.7. The average Bonchev–Trinajstić information content (AvgIpc) is 2.72. The summed E-state index contributed by atoms with van der Waals surface area (Å²) in [5.41, 5.74) is 6.75. The van der Waals surface area contributed by atoms with Gasteiger partial charge in [0.15, 0.2) is 5.78 Å². The third-order valence-corrected chi connectivity index (χ3v) is 7.61. The van der Waals surface area contributed by atoms with Crippen molar-refractivity contribution in [3.8, 4) is 5.75 Å². The highest BCUT2D eigenvalue weighted by Crippen LogP contribution is 2.61. The molecule has 1 aromatic rings. The molecule has 0 saturated heterocycles. The maximum atomic E-state index is 13.3. The average molecular weight is 444 g/mol. The molecule has 8 heteroatoms. The van der Waals surface area contributed by atoms with Crippen LogP contribution in [0.3, 0.4) is 0 Å². The normalized spacial score (nSPS) is 30.0. The number of carbonyl (C=O) groups excluding carboxylic acids is 2. The number of carboxylic acids is 1. The van der Waals surface area contributed by atoms with Gasteiger partial charge in [-0.1, -0.05) is 12.1 Å². The van der Waals surface area contributed by atoms with Gasteiger partial charge >= 0.3 is 5.97 Å². The van der Waals surface area contributed by atoms with Crippen LogP contribution in [0.1, 0.15) is 44.1 Å². The molecule has 0 heterocycles. The third-order valence-electron chi connectivity index (χ3n) is 7.61. The van der Waals surface area contributed by atoms with E-state index in [0.717, 1.165) is 24.8 Å². The molecule has 0 aliphatic heterocycles. The van der Waals surface area contributed by atoms with E-state index in [1.165, 1.54) is 19.3 Å². The molecule has 8 nitrogen and oxygen atoms in total. The Hall–Kier alpha value is -2.45. The fraction of sp³-hybridized carbons (Fsp3) is 0.625. The van der Waals surface area contributed by atoms with Crippen molar-refractivity contribution >= 4 is 17.7 Å². The van der Waals surface area contributed by atoms with Crippen LogP contribution in [0.25, 0.3) is 0 Å².